The molecule has 324 valence electrons. The van der Waals surface area contributed by atoms with Crippen LogP contribution in [0.1, 0.15) is 249 Å². The van der Waals surface area contributed by atoms with Crippen LogP contribution in [-0.4, -0.2) is 18.1 Å². The molecular weight excluding hydrogens is 713 g/mol. The first-order valence-electron chi connectivity index (χ1n) is 24.9. The summed E-state index contributed by atoms with van der Waals surface area (Å²) in [6, 6.07) is 15.1. The van der Waals surface area contributed by atoms with Gasteiger partial charge in [0, 0.05) is 4.86 Å². The first-order valence-corrected chi connectivity index (χ1v) is 25.3. The molecule has 0 amide bonds. The van der Waals surface area contributed by atoms with Gasteiger partial charge in [0.25, 0.3) is 0 Å². The van der Waals surface area contributed by atoms with E-state index in [1.54, 1.807) is 0 Å². The summed E-state index contributed by atoms with van der Waals surface area (Å²) in [4.78, 5) is 0.859. The Bertz CT molecular complexity index is 1220. The quantitative estimate of drug-likeness (QED) is 0.0289. The van der Waals surface area contributed by atoms with Gasteiger partial charge in [0.15, 0.2) is 11.5 Å². The molecule has 0 radical (unpaired) electrons. The Morgan fingerprint density at radius 3 is 1.18 bits per heavy atom. The molecule has 0 unspecified atom stereocenters. The van der Waals surface area contributed by atoms with Gasteiger partial charge in [0.2, 0.25) is 0 Å². The maximum absolute atomic E-state index is 6.42. The zero-order valence-electron chi connectivity index (χ0n) is 37.9. The van der Waals surface area contributed by atoms with Crippen molar-refractivity contribution in [3.8, 4) is 11.5 Å². The van der Waals surface area contributed by atoms with Crippen LogP contribution in [0.3, 0.4) is 0 Å². The van der Waals surface area contributed by atoms with Crippen LogP contribution in [0.25, 0.3) is 6.08 Å². The Kier molecular flexibility index (Phi) is 34.1. The molecule has 2 aromatic rings. The molecule has 0 bridgehead atoms. The number of aryl methyl sites for hydroxylation is 1. The average molecular weight is 803 g/mol. The molecule has 2 rings (SSSR count). The van der Waals surface area contributed by atoms with E-state index in [1.165, 1.54) is 198 Å². The lowest BCUT2D eigenvalue weighted by Gasteiger charge is -2.14. The van der Waals surface area contributed by atoms with Crippen LogP contribution >= 0.6 is 12.2 Å². The molecule has 2 nitrogen and oxygen atoms in total. The predicted molar refractivity (Wildman–Crippen MR) is 258 cm³/mol. The Morgan fingerprint density at radius 1 is 0.421 bits per heavy atom. The van der Waals surface area contributed by atoms with Crippen LogP contribution in [0, 0.1) is 0 Å². The molecule has 0 saturated heterocycles. The summed E-state index contributed by atoms with van der Waals surface area (Å²) in [5.41, 5.74) is 3.56. The van der Waals surface area contributed by atoms with Gasteiger partial charge in [0.1, 0.15) is 0 Å². The predicted octanol–water partition coefficient (Wildman–Crippen LogP) is 18.4. The minimum atomic E-state index is 0.740. The molecule has 57 heavy (non-hydrogen) atoms. The molecule has 0 aliphatic carbocycles. The summed E-state index contributed by atoms with van der Waals surface area (Å²) >= 11 is 5.78. The second-order valence-corrected chi connectivity index (χ2v) is 17.6. The van der Waals surface area contributed by atoms with Crippen molar-refractivity contribution >= 4 is 23.2 Å². The second kappa shape index (κ2) is 38.1. The molecule has 0 aromatic heterocycles. The molecule has 0 aliphatic heterocycles. The number of thiocarbonyl (C=S) groups is 1. The van der Waals surface area contributed by atoms with Gasteiger partial charge in [-0.1, -0.05) is 268 Å². The highest BCUT2D eigenvalue weighted by Gasteiger charge is 2.08. The lowest BCUT2D eigenvalue weighted by molar-refractivity contribution is 0.258. The summed E-state index contributed by atoms with van der Waals surface area (Å²) < 4.78 is 12.8. The highest BCUT2D eigenvalue weighted by atomic mass is 32.1. The Balaban J connectivity index is 1.68. The van der Waals surface area contributed by atoms with E-state index in [4.69, 9.17) is 21.7 Å². The van der Waals surface area contributed by atoms with E-state index in [9.17, 15) is 0 Å². The van der Waals surface area contributed by atoms with E-state index in [-0.39, 0.29) is 0 Å². The van der Waals surface area contributed by atoms with Crippen molar-refractivity contribution in [1.82, 2.24) is 0 Å². The van der Waals surface area contributed by atoms with Crippen molar-refractivity contribution in [3.05, 3.63) is 65.2 Å². The fourth-order valence-corrected chi connectivity index (χ4v) is 8.12. The van der Waals surface area contributed by atoms with Gasteiger partial charge in [-0.25, -0.2) is 0 Å². The van der Waals surface area contributed by atoms with Crippen molar-refractivity contribution in [2.24, 2.45) is 0 Å². The van der Waals surface area contributed by atoms with Crippen molar-refractivity contribution in [1.29, 1.82) is 0 Å². The van der Waals surface area contributed by atoms with E-state index in [0.29, 0.717) is 0 Å². The van der Waals surface area contributed by atoms with E-state index in [1.807, 2.05) is 0 Å². The number of benzene rings is 2. The van der Waals surface area contributed by atoms with Gasteiger partial charge < -0.3 is 9.47 Å². The highest BCUT2D eigenvalue weighted by Crippen LogP contribution is 2.30. The second-order valence-electron chi connectivity index (χ2n) is 17.2. The molecule has 0 saturated carbocycles. The normalized spacial score (nSPS) is 11.5. The first-order chi connectivity index (χ1) is 28.2. The Morgan fingerprint density at radius 2 is 0.789 bits per heavy atom. The van der Waals surface area contributed by atoms with Crippen LogP contribution in [-0.2, 0) is 6.42 Å². The van der Waals surface area contributed by atoms with Crippen LogP contribution in [0.4, 0.5) is 0 Å². The monoisotopic (exact) mass is 803 g/mol. The maximum atomic E-state index is 6.42. The van der Waals surface area contributed by atoms with Crippen LogP contribution in [0.2, 0.25) is 0 Å². The van der Waals surface area contributed by atoms with Crippen molar-refractivity contribution in [2.45, 2.75) is 239 Å². The van der Waals surface area contributed by atoms with Gasteiger partial charge in [-0.2, -0.15) is 0 Å². The standard InChI is InChI=1S/C54H90O2S/c1-4-7-9-11-13-15-17-19-21-23-25-27-29-31-33-35-46-55-52-44-40-50(41-45-54(57)51-42-38-49(37-6-3)39-43-51)48-53(52)56-47-36-34-32-30-28-26-24-22-20-18-16-14-12-10-8-5-2/h38-45,48H,4-37,46-47H2,1-3H3. The van der Waals surface area contributed by atoms with Crippen LogP contribution < -0.4 is 9.47 Å². The average Bonchev–Trinajstić information content (AvgIpc) is 3.23. The Hall–Kier alpha value is -2.13. The molecule has 0 N–H and O–H groups in total. The van der Waals surface area contributed by atoms with E-state index >= 15 is 0 Å². The number of unbranched alkanes of at least 4 members (excludes halogenated alkanes) is 30. The van der Waals surface area contributed by atoms with Crippen LogP contribution in [0.5, 0.6) is 11.5 Å². The smallest absolute Gasteiger partial charge is 0.161 e. The third-order valence-electron chi connectivity index (χ3n) is 11.7. The molecule has 2 aromatic carbocycles. The molecule has 0 spiro atoms. The molecule has 0 aliphatic rings. The molecule has 0 fully saturated rings. The van der Waals surface area contributed by atoms with E-state index < -0.39 is 0 Å². The fourth-order valence-electron chi connectivity index (χ4n) is 7.92. The largest absolute Gasteiger partial charge is 0.490 e. The Labute approximate surface area is 360 Å². The van der Waals surface area contributed by atoms with Gasteiger partial charge >= 0.3 is 0 Å². The molecular formula is C54H90O2S. The number of hydrogen-bond donors (Lipinski definition) is 0. The SMILES string of the molecule is CCCCCCCCCCCCCCCCCCOc1ccc(C=CC(=S)c2ccc(CCC)cc2)cc1OCCCCCCCCCCCCCCCCCC. The lowest BCUT2D eigenvalue weighted by Crippen LogP contribution is -2.03. The molecule has 0 heterocycles. The molecule has 3 heteroatoms. The number of rotatable bonds is 41. The summed E-state index contributed by atoms with van der Waals surface area (Å²) in [6.45, 7) is 8.31. The van der Waals surface area contributed by atoms with Crippen molar-refractivity contribution in [2.75, 3.05) is 13.2 Å². The number of ether oxygens (including phenoxy) is 2. The van der Waals surface area contributed by atoms with Crippen molar-refractivity contribution in [3.63, 3.8) is 0 Å². The van der Waals surface area contributed by atoms with Gasteiger partial charge in [-0.05, 0) is 54.2 Å². The fraction of sp³-hybridized carbons (Fsp3) is 0.722. The number of allylic oxidation sites excluding steroid dienone is 1. The highest BCUT2D eigenvalue weighted by molar-refractivity contribution is 7.81. The van der Waals surface area contributed by atoms with Gasteiger partial charge in [0.05, 0.1) is 13.2 Å². The number of hydrogen-bond acceptors (Lipinski definition) is 3. The first kappa shape index (κ1) is 51.0. The zero-order valence-corrected chi connectivity index (χ0v) is 38.7. The summed E-state index contributed by atoms with van der Waals surface area (Å²) in [5, 5.41) is 0. The third-order valence-corrected chi connectivity index (χ3v) is 12.1. The van der Waals surface area contributed by atoms with E-state index in [2.05, 4.69) is 75.4 Å². The van der Waals surface area contributed by atoms with E-state index in [0.717, 1.165) is 66.4 Å². The zero-order chi connectivity index (χ0) is 40.7. The molecule has 0 atom stereocenters. The third kappa shape index (κ3) is 28.9. The maximum Gasteiger partial charge on any atom is 0.161 e. The van der Waals surface area contributed by atoms with Crippen molar-refractivity contribution < 1.29 is 9.47 Å². The van der Waals surface area contributed by atoms with Gasteiger partial charge in [-0.3, -0.25) is 0 Å². The summed E-state index contributed by atoms with van der Waals surface area (Å²) in [6.07, 6.45) is 50.6. The lowest BCUT2D eigenvalue weighted by atomic mass is 10.0. The summed E-state index contributed by atoms with van der Waals surface area (Å²) in [5.74, 6) is 1.74. The minimum absolute atomic E-state index is 0.740. The summed E-state index contributed by atoms with van der Waals surface area (Å²) in [7, 11) is 0. The topological polar surface area (TPSA) is 18.5 Å². The minimum Gasteiger partial charge on any atom is -0.490 e. The van der Waals surface area contributed by atoms with Crippen LogP contribution in [0.15, 0.2) is 48.5 Å². The van der Waals surface area contributed by atoms with Gasteiger partial charge in [-0.15, -0.1) is 0 Å².